The van der Waals surface area contributed by atoms with Gasteiger partial charge in [0.25, 0.3) is 0 Å². The van der Waals surface area contributed by atoms with Crippen molar-refractivity contribution in [2.75, 3.05) is 0 Å². The molecular weight excluding hydrogens is 260 g/mol. The van der Waals surface area contributed by atoms with Gasteiger partial charge in [-0.15, -0.1) is 0 Å². The monoisotopic (exact) mass is 294 g/mol. The van der Waals surface area contributed by atoms with Crippen LogP contribution in [-0.4, -0.2) is 13.9 Å². The molecule has 2 heteroatoms. The summed E-state index contributed by atoms with van der Waals surface area (Å²) in [4.78, 5) is 0. The normalized spacial score (nSPS) is 32.2. The zero-order valence-electron chi connectivity index (χ0n) is 14.7. The van der Waals surface area contributed by atoms with E-state index in [0.29, 0.717) is 5.92 Å². The molecule has 0 unspecified atom stereocenters. The standard InChI is InChI=1S/C18H34OSi/c1-13-8-10-15(18(3,4)19-20(5,6)7)12-17-14(2)9-11-16(13)17/h13-15H,8-12H2,1-7H3/t13-,14-,15+/m1/s1. The molecule has 0 aromatic carbocycles. The summed E-state index contributed by atoms with van der Waals surface area (Å²) in [6.45, 7) is 16.5. The third-order valence-corrected chi connectivity index (χ3v) is 6.55. The van der Waals surface area contributed by atoms with Gasteiger partial charge < -0.3 is 4.43 Å². The molecule has 2 aliphatic carbocycles. The van der Waals surface area contributed by atoms with Gasteiger partial charge in [0, 0.05) is 0 Å². The first kappa shape index (κ1) is 16.3. The molecule has 0 radical (unpaired) electrons. The zero-order chi connectivity index (χ0) is 15.1. The SMILES string of the molecule is C[C@@H]1CC[C@H](C(C)(C)O[Si](C)(C)C)CC2=C1CC[C@H]2C. The predicted molar refractivity (Wildman–Crippen MR) is 90.4 cm³/mol. The molecule has 0 aromatic rings. The Bertz CT molecular complexity index is 389. The summed E-state index contributed by atoms with van der Waals surface area (Å²) in [5.41, 5.74) is 3.64. The van der Waals surface area contributed by atoms with Gasteiger partial charge in [-0.3, -0.25) is 0 Å². The van der Waals surface area contributed by atoms with Crippen LogP contribution < -0.4 is 0 Å². The van der Waals surface area contributed by atoms with Crippen LogP contribution in [0.15, 0.2) is 11.1 Å². The van der Waals surface area contributed by atoms with Crippen LogP contribution >= 0.6 is 0 Å². The Labute approximate surface area is 127 Å². The van der Waals surface area contributed by atoms with Crippen molar-refractivity contribution in [3.8, 4) is 0 Å². The summed E-state index contributed by atoms with van der Waals surface area (Å²) in [6.07, 6.45) is 6.72. The first-order valence-corrected chi connectivity index (χ1v) is 11.9. The fourth-order valence-electron chi connectivity index (χ4n) is 4.38. The first-order chi connectivity index (χ1) is 9.10. The molecule has 0 aliphatic heterocycles. The van der Waals surface area contributed by atoms with Crippen LogP contribution in [0, 0.1) is 17.8 Å². The maximum Gasteiger partial charge on any atom is 0.184 e. The molecule has 0 bridgehead atoms. The van der Waals surface area contributed by atoms with Crippen LogP contribution in [0.2, 0.25) is 19.6 Å². The summed E-state index contributed by atoms with van der Waals surface area (Å²) < 4.78 is 6.56. The number of hydrogen-bond acceptors (Lipinski definition) is 1. The fourth-order valence-corrected chi connectivity index (χ4v) is 6.12. The summed E-state index contributed by atoms with van der Waals surface area (Å²) in [5, 5.41) is 0. The molecule has 0 heterocycles. The molecule has 3 atom stereocenters. The van der Waals surface area contributed by atoms with Crippen molar-refractivity contribution in [3.05, 3.63) is 11.1 Å². The number of allylic oxidation sites excluding steroid dienone is 2. The highest BCUT2D eigenvalue weighted by atomic mass is 28.4. The van der Waals surface area contributed by atoms with E-state index >= 15 is 0 Å². The Balaban J connectivity index is 2.18. The Kier molecular flexibility index (Phi) is 4.56. The van der Waals surface area contributed by atoms with Crippen molar-refractivity contribution in [2.24, 2.45) is 17.8 Å². The molecule has 116 valence electrons. The van der Waals surface area contributed by atoms with E-state index in [1.54, 1.807) is 5.57 Å². The molecule has 2 rings (SSSR count). The number of hydrogen-bond donors (Lipinski definition) is 0. The predicted octanol–water partition coefficient (Wildman–Crippen LogP) is 5.78. The minimum atomic E-state index is -1.48. The molecule has 2 aliphatic rings. The van der Waals surface area contributed by atoms with Crippen molar-refractivity contribution >= 4 is 8.32 Å². The van der Waals surface area contributed by atoms with E-state index in [9.17, 15) is 0 Å². The van der Waals surface area contributed by atoms with E-state index < -0.39 is 8.32 Å². The lowest BCUT2D eigenvalue weighted by atomic mass is 9.81. The van der Waals surface area contributed by atoms with Crippen LogP contribution in [0.3, 0.4) is 0 Å². The topological polar surface area (TPSA) is 9.23 Å². The Morgan fingerprint density at radius 3 is 2.15 bits per heavy atom. The molecule has 0 aromatic heterocycles. The molecule has 0 saturated carbocycles. The molecule has 1 nitrogen and oxygen atoms in total. The van der Waals surface area contributed by atoms with E-state index in [0.717, 1.165) is 11.8 Å². The highest BCUT2D eigenvalue weighted by Gasteiger charge is 2.39. The van der Waals surface area contributed by atoms with Crippen molar-refractivity contribution in [1.29, 1.82) is 0 Å². The molecule has 0 spiro atoms. The van der Waals surface area contributed by atoms with Gasteiger partial charge in [-0.1, -0.05) is 25.0 Å². The van der Waals surface area contributed by atoms with Crippen molar-refractivity contribution < 1.29 is 4.43 Å². The van der Waals surface area contributed by atoms with E-state index in [-0.39, 0.29) is 5.60 Å². The second-order valence-electron chi connectivity index (χ2n) is 8.69. The molecule has 0 saturated heterocycles. The minimum absolute atomic E-state index is 0.0367. The van der Waals surface area contributed by atoms with Crippen molar-refractivity contribution in [1.82, 2.24) is 0 Å². The van der Waals surface area contributed by atoms with Gasteiger partial charge in [0.05, 0.1) is 5.60 Å². The zero-order valence-corrected chi connectivity index (χ0v) is 15.7. The van der Waals surface area contributed by atoms with E-state index in [4.69, 9.17) is 4.43 Å². The van der Waals surface area contributed by atoms with Crippen molar-refractivity contribution in [2.45, 2.75) is 85.0 Å². The summed E-state index contributed by atoms with van der Waals surface area (Å²) in [7, 11) is -1.48. The smallest absolute Gasteiger partial charge is 0.184 e. The molecular formula is C18H34OSi. The van der Waals surface area contributed by atoms with Gasteiger partial charge >= 0.3 is 0 Å². The van der Waals surface area contributed by atoms with Gasteiger partial charge in [-0.05, 0) is 83.3 Å². The van der Waals surface area contributed by atoms with Gasteiger partial charge in [0.2, 0.25) is 0 Å². The second-order valence-corrected chi connectivity index (χ2v) is 13.1. The highest BCUT2D eigenvalue weighted by Crippen LogP contribution is 2.47. The highest BCUT2D eigenvalue weighted by molar-refractivity contribution is 6.69. The van der Waals surface area contributed by atoms with Crippen LogP contribution in [-0.2, 0) is 4.43 Å². The molecule has 20 heavy (non-hydrogen) atoms. The van der Waals surface area contributed by atoms with Gasteiger partial charge in [-0.2, -0.15) is 0 Å². The van der Waals surface area contributed by atoms with E-state index in [1.165, 1.54) is 32.1 Å². The lowest BCUT2D eigenvalue weighted by molar-refractivity contribution is 0.0301. The Morgan fingerprint density at radius 2 is 1.55 bits per heavy atom. The first-order valence-electron chi connectivity index (χ1n) is 8.52. The van der Waals surface area contributed by atoms with Crippen LogP contribution in [0.4, 0.5) is 0 Å². The van der Waals surface area contributed by atoms with Crippen LogP contribution in [0.25, 0.3) is 0 Å². The van der Waals surface area contributed by atoms with Gasteiger partial charge in [-0.25, -0.2) is 0 Å². The minimum Gasteiger partial charge on any atom is -0.412 e. The van der Waals surface area contributed by atoms with E-state index in [2.05, 4.69) is 47.3 Å². The second kappa shape index (κ2) is 5.60. The maximum absolute atomic E-state index is 6.56. The fraction of sp³-hybridized carbons (Fsp3) is 0.889. The average molecular weight is 295 g/mol. The summed E-state index contributed by atoms with van der Waals surface area (Å²) in [5.74, 6) is 2.32. The Morgan fingerprint density at radius 1 is 0.950 bits per heavy atom. The molecule has 0 amide bonds. The van der Waals surface area contributed by atoms with Crippen LogP contribution in [0.5, 0.6) is 0 Å². The van der Waals surface area contributed by atoms with Crippen molar-refractivity contribution in [3.63, 3.8) is 0 Å². The van der Waals surface area contributed by atoms with Gasteiger partial charge in [0.1, 0.15) is 0 Å². The third kappa shape index (κ3) is 3.57. The summed E-state index contributed by atoms with van der Waals surface area (Å²) >= 11 is 0. The molecule has 0 fully saturated rings. The average Bonchev–Trinajstić information content (AvgIpc) is 2.52. The Hall–Kier alpha value is -0.0831. The largest absolute Gasteiger partial charge is 0.412 e. The lowest BCUT2D eigenvalue weighted by Crippen LogP contribution is -2.43. The maximum atomic E-state index is 6.56. The van der Waals surface area contributed by atoms with Gasteiger partial charge in [0.15, 0.2) is 8.32 Å². The lowest BCUT2D eigenvalue weighted by Gasteiger charge is -2.40. The molecule has 0 N–H and O–H groups in total. The quantitative estimate of drug-likeness (QED) is 0.473. The summed E-state index contributed by atoms with van der Waals surface area (Å²) in [6, 6.07) is 0. The number of rotatable bonds is 3. The third-order valence-electron chi connectivity index (χ3n) is 5.42. The van der Waals surface area contributed by atoms with Crippen LogP contribution in [0.1, 0.15) is 59.8 Å². The van der Waals surface area contributed by atoms with E-state index in [1.807, 2.05) is 5.57 Å².